The third kappa shape index (κ3) is 6.03. The quantitative estimate of drug-likeness (QED) is 0.325. The average Bonchev–Trinajstić information content (AvgIpc) is 2.84. The Morgan fingerprint density at radius 1 is 0.943 bits per heavy atom. The van der Waals surface area contributed by atoms with Crippen molar-refractivity contribution in [1.29, 1.82) is 0 Å². The summed E-state index contributed by atoms with van der Waals surface area (Å²) in [7, 11) is 1.31. The summed E-state index contributed by atoms with van der Waals surface area (Å²) in [4.78, 5) is 15.4. The predicted octanol–water partition coefficient (Wildman–Crippen LogP) is 7.34. The van der Waals surface area contributed by atoms with Crippen molar-refractivity contribution in [2.45, 2.75) is 44.2 Å². The molecule has 1 heterocycles. The van der Waals surface area contributed by atoms with Crippen LogP contribution in [0.2, 0.25) is 0 Å². The molecule has 0 radical (unpaired) electrons. The molecule has 0 saturated heterocycles. The molecule has 3 N–H and O–H groups in total. The van der Waals surface area contributed by atoms with E-state index in [9.17, 15) is 23.1 Å². The molecule has 3 aromatic rings. The lowest BCUT2D eigenvalue weighted by atomic mass is 9.84. The number of hydrogen-bond donors (Lipinski definition) is 3. The van der Waals surface area contributed by atoms with Crippen LogP contribution in [0.3, 0.4) is 0 Å². The lowest BCUT2D eigenvalue weighted by Crippen LogP contribution is -2.08. The number of nitrogens with zero attached hydrogens (tertiary/aromatic N) is 1. The van der Waals surface area contributed by atoms with Gasteiger partial charge in [-0.2, -0.15) is 13.2 Å². The first-order chi connectivity index (χ1) is 16.7. The first-order valence-electron chi connectivity index (χ1n) is 11.4. The van der Waals surface area contributed by atoms with Gasteiger partial charge in [-0.3, -0.25) is 0 Å². The summed E-state index contributed by atoms with van der Waals surface area (Å²) in [5.74, 6) is -0.653. The van der Waals surface area contributed by atoms with Gasteiger partial charge >= 0.3 is 12.1 Å². The fourth-order valence-electron chi connectivity index (χ4n) is 4.36. The van der Waals surface area contributed by atoms with Gasteiger partial charge < -0.3 is 20.5 Å². The van der Waals surface area contributed by atoms with Gasteiger partial charge in [0.05, 0.1) is 12.7 Å². The number of carboxylic acid groups (broad SMARTS) is 1. The Labute approximate surface area is 201 Å². The maximum Gasteiger partial charge on any atom is 0.416 e. The molecule has 184 valence electrons. The van der Waals surface area contributed by atoms with E-state index < -0.39 is 17.7 Å². The Morgan fingerprint density at radius 3 is 2.20 bits per heavy atom. The number of hydrogen-bond acceptors (Lipinski definition) is 5. The van der Waals surface area contributed by atoms with E-state index in [0.717, 1.165) is 12.1 Å². The third-order valence-corrected chi connectivity index (χ3v) is 6.09. The van der Waals surface area contributed by atoms with Gasteiger partial charge in [0.15, 0.2) is 11.4 Å². The Kier molecular flexibility index (Phi) is 7.14. The van der Waals surface area contributed by atoms with Crippen LogP contribution in [-0.2, 0) is 6.18 Å². The van der Waals surface area contributed by atoms with Crippen molar-refractivity contribution in [1.82, 2.24) is 4.98 Å². The number of rotatable bonds is 7. The number of aromatic nitrogens is 1. The molecule has 9 heteroatoms. The zero-order valence-electron chi connectivity index (χ0n) is 19.2. The number of carbonyl (C=O) groups is 1. The smallest absolute Gasteiger partial charge is 0.416 e. The normalized spacial score (nSPS) is 14.4. The highest BCUT2D eigenvalue weighted by Gasteiger charge is 2.31. The van der Waals surface area contributed by atoms with Crippen molar-refractivity contribution in [2.24, 2.45) is 0 Å². The highest BCUT2D eigenvalue weighted by Crippen LogP contribution is 2.36. The van der Waals surface area contributed by atoms with Gasteiger partial charge in [0, 0.05) is 17.1 Å². The van der Waals surface area contributed by atoms with Crippen molar-refractivity contribution in [2.75, 3.05) is 17.7 Å². The van der Waals surface area contributed by atoms with Gasteiger partial charge in [0.25, 0.3) is 0 Å². The molecule has 6 nitrogen and oxygen atoms in total. The van der Waals surface area contributed by atoms with Crippen LogP contribution in [0, 0.1) is 0 Å². The number of aromatic carboxylic acids is 1. The van der Waals surface area contributed by atoms with Gasteiger partial charge in [-0.25, -0.2) is 9.78 Å². The zero-order valence-corrected chi connectivity index (χ0v) is 19.2. The molecule has 2 aromatic carbocycles. The first kappa shape index (κ1) is 24.4. The van der Waals surface area contributed by atoms with Crippen LogP contribution in [0.15, 0.2) is 54.6 Å². The van der Waals surface area contributed by atoms with Crippen LogP contribution in [-0.4, -0.2) is 23.2 Å². The minimum Gasteiger partial charge on any atom is -0.494 e. The molecule has 0 unspecified atom stereocenters. The minimum atomic E-state index is -4.57. The monoisotopic (exact) mass is 485 g/mol. The number of pyridine rings is 1. The second-order valence-electron chi connectivity index (χ2n) is 8.56. The van der Waals surface area contributed by atoms with E-state index in [1.165, 1.54) is 63.0 Å². The molecular weight excluding hydrogens is 459 g/mol. The Hall–Kier alpha value is -3.75. The molecule has 0 amide bonds. The molecular formula is C26H26F3N3O3. The van der Waals surface area contributed by atoms with Crippen molar-refractivity contribution in [3.8, 4) is 5.75 Å². The fraction of sp³-hybridized carbons (Fsp3) is 0.308. The number of alkyl halides is 3. The molecule has 0 bridgehead atoms. The van der Waals surface area contributed by atoms with E-state index in [1.54, 1.807) is 0 Å². The van der Waals surface area contributed by atoms with Crippen molar-refractivity contribution < 1.29 is 27.8 Å². The first-order valence-corrected chi connectivity index (χ1v) is 11.4. The van der Waals surface area contributed by atoms with Crippen LogP contribution in [0.4, 0.5) is 36.1 Å². The van der Waals surface area contributed by atoms with Crippen LogP contribution < -0.4 is 15.4 Å². The van der Waals surface area contributed by atoms with Crippen LogP contribution in [0.25, 0.3) is 0 Å². The SMILES string of the molecule is COc1ccc(Nc2cc(Nc3ccc(C4CCCCC4)cc3)cc(C(F)(F)F)c2)nc1C(=O)O. The Bertz CT molecular complexity index is 1190. The molecule has 1 aliphatic carbocycles. The number of carboxylic acids is 1. The molecule has 0 atom stereocenters. The maximum atomic E-state index is 13.6. The van der Waals surface area contributed by atoms with E-state index in [0.29, 0.717) is 11.6 Å². The number of nitrogens with one attached hydrogen (secondary N) is 2. The van der Waals surface area contributed by atoms with Gasteiger partial charge in [-0.15, -0.1) is 0 Å². The largest absolute Gasteiger partial charge is 0.494 e. The summed E-state index contributed by atoms with van der Waals surface area (Å²) in [6, 6.07) is 14.1. The summed E-state index contributed by atoms with van der Waals surface area (Å²) in [5.41, 5.74) is 1.07. The van der Waals surface area contributed by atoms with Crippen molar-refractivity contribution in [3.63, 3.8) is 0 Å². The van der Waals surface area contributed by atoms with Crippen LogP contribution in [0.1, 0.15) is 59.6 Å². The molecule has 1 aliphatic rings. The van der Waals surface area contributed by atoms with E-state index in [2.05, 4.69) is 15.6 Å². The zero-order chi connectivity index (χ0) is 25.0. The second-order valence-corrected chi connectivity index (χ2v) is 8.56. The average molecular weight is 486 g/mol. The predicted molar refractivity (Wildman–Crippen MR) is 128 cm³/mol. The van der Waals surface area contributed by atoms with Crippen LogP contribution in [0.5, 0.6) is 5.75 Å². The summed E-state index contributed by atoms with van der Waals surface area (Å²) in [6.07, 6.45) is 1.48. The fourth-order valence-corrected chi connectivity index (χ4v) is 4.36. The van der Waals surface area contributed by atoms with Crippen molar-refractivity contribution >= 4 is 28.8 Å². The van der Waals surface area contributed by atoms with E-state index in [4.69, 9.17) is 4.74 Å². The van der Waals surface area contributed by atoms with E-state index >= 15 is 0 Å². The molecule has 1 saturated carbocycles. The molecule has 4 rings (SSSR count). The van der Waals surface area contributed by atoms with Crippen LogP contribution >= 0.6 is 0 Å². The minimum absolute atomic E-state index is 0.0473. The summed E-state index contributed by atoms with van der Waals surface area (Å²) >= 11 is 0. The summed E-state index contributed by atoms with van der Waals surface area (Å²) < 4.78 is 45.7. The van der Waals surface area contributed by atoms with Crippen molar-refractivity contribution in [3.05, 3.63) is 71.4 Å². The number of anilines is 4. The maximum absolute atomic E-state index is 13.6. The Morgan fingerprint density at radius 2 is 1.60 bits per heavy atom. The summed E-state index contributed by atoms with van der Waals surface area (Å²) in [5, 5.41) is 15.1. The second kappa shape index (κ2) is 10.2. The molecule has 35 heavy (non-hydrogen) atoms. The highest BCUT2D eigenvalue weighted by atomic mass is 19.4. The number of ether oxygens (including phenoxy) is 1. The molecule has 1 fully saturated rings. The lowest BCUT2D eigenvalue weighted by Gasteiger charge is -2.22. The van der Waals surface area contributed by atoms with Gasteiger partial charge in [-0.05, 0) is 66.8 Å². The van der Waals surface area contributed by atoms with Gasteiger partial charge in [0.2, 0.25) is 0 Å². The number of halogens is 3. The van der Waals surface area contributed by atoms with E-state index in [1.807, 2.05) is 24.3 Å². The topological polar surface area (TPSA) is 83.5 Å². The summed E-state index contributed by atoms with van der Waals surface area (Å²) in [6.45, 7) is 0. The van der Waals surface area contributed by atoms with Gasteiger partial charge in [-0.1, -0.05) is 31.4 Å². The molecule has 1 aromatic heterocycles. The molecule has 0 aliphatic heterocycles. The van der Waals surface area contributed by atoms with Gasteiger partial charge in [0.1, 0.15) is 5.82 Å². The highest BCUT2D eigenvalue weighted by molar-refractivity contribution is 5.89. The third-order valence-electron chi connectivity index (χ3n) is 6.09. The molecule has 0 spiro atoms. The Balaban J connectivity index is 1.59. The standard InChI is InChI=1S/C26H26F3N3O3/c1-35-22-11-12-23(32-24(22)25(33)34)31-21-14-18(26(27,28)29)13-20(15-21)30-19-9-7-17(8-10-19)16-5-3-2-4-6-16/h7-16,30H,2-6H2,1H3,(H,31,32)(H,33,34). The number of methoxy groups -OCH3 is 1. The number of benzene rings is 2. The lowest BCUT2D eigenvalue weighted by molar-refractivity contribution is -0.137. The van der Waals surface area contributed by atoms with E-state index in [-0.39, 0.29) is 28.6 Å².